The van der Waals surface area contributed by atoms with E-state index >= 15 is 0 Å². The van der Waals surface area contributed by atoms with Gasteiger partial charge >= 0.3 is 0 Å². The fourth-order valence-corrected chi connectivity index (χ4v) is 2.42. The molecule has 0 saturated heterocycles. The van der Waals surface area contributed by atoms with Crippen LogP contribution in [0, 0.1) is 22.9 Å². The minimum absolute atomic E-state index is 0.0296. The third kappa shape index (κ3) is 3.10. The summed E-state index contributed by atoms with van der Waals surface area (Å²) in [6.07, 6.45) is 1.45. The number of hydrogen-bond acceptors (Lipinski definition) is 4. The minimum atomic E-state index is -0.735. The first kappa shape index (κ1) is 15.7. The van der Waals surface area contributed by atoms with Crippen molar-refractivity contribution in [3.05, 3.63) is 69.7 Å². The van der Waals surface area contributed by atoms with Crippen LogP contribution in [-0.2, 0) is 11.2 Å². The molecule has 122 valence electrons. The summed E-state index contributed by atoms with van der Waals surface area (Å²) in [6, 6.07) is 8.59. The number of nitro benzene ring substituents is 1. The summed E-state index contributed by atoms with van der Waals surface area (Å²) in [7, 11) is 0. The van der Waals surface area contributed by atoms with Crippen molar-refractivity contribution in [2.24, 2.45) is 0 Å². The molecule has 6 nitrogen and oxygen atoms in total. The zero-order valence-corrected chi connectivity index (χ0v) is 12.7. The molecule has 24 heavy (non-hydrogen) atoms. The third-order valence-corrected chi connectivity index (χ3v) is 3.60. The van der Waals surface area contributed by atoms with E-state index in [9.17, 15) is 19.3 Å². The monoisotopic (exact) mass is 328 g/mol. The molecule has 0 unspecified atom stereocenters. The van der Waals surface area contributed by atoms with Crippen LogP contribution in [0.4, 0.5) is 15.8 Å². The number of nitrogens with one attached hydrogen (secondary N) is 1. The van der Waals surface area contributed by atoms with Crippen molar-refractivity contribution in [3.8, 4) is 0 Å². The van der Waals surface area contributed by atoms with Crippen molar-refractivity contribution in [2.45, 2.75) is 13.3 Å². The van der Waals surface area contributed by atoms with Gasteiger partial charge in [0.2, 0.25) is 5.91 Å². The Morgan fingerprint density at radius 3 is 2.83 bits per heavy atom. The van der Waals surface area contributed by atoms with Crippen molar-refractivity contribution in [3.63, 3.8) is 0 Å². The molecule has 2 aromatic carbocycles. The first-order valence-corrected chi connectivity index (χ1v) is 7.14. The van der Waals surface area contributed by atoms with Gasteiger partial charge in [-0.1, -0.05) is 12.1 Å². The SMILES string of the molecule is Cc1ccc2c(CC(=O)Nc3cc([N+](=O)[O-])ccc3F)coc2c1. The summed E-state index contributed by atoms with van der Waals surface area (Å²) in [6.45, 7) is 1.93. The number of furan rings is 1. The lowest BCUT2D eigenvalue weighted by atomic mass is 10.1. The minimum Gasteiger partial charge on any atom is -0.464 e. The van der Waals surface area contributed by atoms with Gasteiger partial charge in [0.25, 0.3) is 5.69 Å². The first-order valence-electron chi connectivity index (χ1n) is 7.14. The lowest BCUT2D eigenvalue weighted by Crippen LogP contribution is -2.15. The number of aryl methyl sites for hydroxylation is 1. The molecule has 0 aliphatic heterocycles. The number of amides is 1. The summed E-state index contributed by atoms with van der Waals surface area (Å²) >= 11 is 0. The van der Waals surface area contributed by atoms with Crippen LogP contribution < -0.4 is 5.32 Å². The van der Waals surface area contributed by atoms with Gasteiger partial charge < -0.3 is 9.73 Å². The average Bonchev–Trinajstić information content (AvgIpc) is 2.91. The molecule has 0 bridgehead atoms. The van der Waals surface area contributed by atoms with Gasteiger partial charge in [0.15, 0.2) is 0 Å². The number of benzene rings is 2. The van der Waals surface area contributed by atoms with E-state index in [0.29, 0.717) is 11.1 Å². The van der Waals surface area contributed by atoms with Crippen LogP contribution in [-0.4, -0.2) is 10.8 Å². The number of nitro groups is 1. The van der Waals surface area contributed by atoms with Crippen LogP contribution in [0.1, 0.15) is 11.1 Å². The molecule has 0 aliphatic carbocycles. The van der Waals surface area contributed by atoms with Crippen LogP contribution in [0.5, 0.6) is 0 Å². The fourth-order valence-electron chi connectivity index (χ4n) is 2.42. The number of anilines is 1. The lowest BCUT2D eigenvalue weighted by Gasteiger charge is -2.06. The molecule has 1 amide bonds. The second-order valence-corrected chi connectivity index (χ2v) is 5.41. The van der Waals surface area contributed by atoms with Gasteiger partial charge in [0, 0.05) is 23.1 Å². The van der Waals surface area contributed by atoms with Gasteiger partial charge in [-0.2, -0.15) is 0 Å². The van der Waals surface area contributed by atoms with Crippen LogP contribution in [0.15, 0.2) is 47.1 Å². The van der Waals surface area contributed by atoms with Gasteiger partial charge in [-0.05, 0) is 24.6 Å². The van der Waals surface area contributed by atoms with Gasteiger partial charge in [-0.15, -0.1) is 0 Å². The number of halogens is 1. The first-order chi connectivity index (χ1) is 11.4. The highest BCUT2D eigenvalue weighted by Crippen LogP contribution is 2.24. The average molecular weight is 328 g/mol. The number of carbonyl (C=O) groups is 1. The quantitative estimate of drug-likeness (QED) is 0.580. The van der Waals surface area contributed by atoms with E-state index in [2.05, 4.69) is 5.32 Å². The molecule has 0 aliphatic rings. The van der Waals surface area contributed by atoms with E-state index in [1.54, 1.807) is 0 Å². The molecule has 7 heteroatoms. The van der Waals surface area contributed by atoms with Crippen molar-refractivity contribution >= 4 is 28.3 Å². The predicted molar refractivity (Wildman–Crippen MR) is 86.3 cm³/mol. The number of nitrogens with zero attached hydrogens (tertiary/aromatic N) is 1. The lowest BCUT2D eigenvalue weighted by molar-refractivity contribution is -0.384. The Hall–Kier alpha value is -3.22. The summed E-state index contributed by atoms with van der Waals surface area (Å²) in [5, 5.41) is 13.9. The van der Waals surface area contributed by atoms with Gasteiger partial charge in [-0.25, -0.2) is 4.39 Å². The number of hydrogen-bond donors (Lipinski definition) is 1. The van der Waals surface area contributed by atoms with Gasteiger partial charge in [0.1, 0.15) is 11.4 Å². The third-order valence-electron chi connectivity index (χ3n) is 3.60. The topological polar surface area (TPSA) is 85.4 Å². The highest BCUT2D eigenvalue weighted by Gasteiger charge is 2.15. The second kappa shape index (κ2) is 6.11. The van der Waals surface area contributed by atoms with Crippen molar-refractivity contribution in [1.82, 2.24) is 0 Å². The normalized spacial score (nSPS) is 10.8. The van der Waals surface area contributed by atoms with Crippen molar-refractivity contribution < 1.29 is 18.5 Å². The van der Waals surface area contributed by atoms with E-state index in [0.717, 1.165) is 29.1 Å². The Bertz CT molecular complexity index is 949. The molecule has 1 aromatic heterocycles. The molecule has 0 fully saturated rings. The number of rotatable bonds is 4. The van der Waals surface area contributed by atoms with Crippen LogP contribution in [0.2, 0.25) is 0 Å². The number of carbonyl (C=O) groups excluding carboxylic acids is 1. The molecule has 0 saturated carbocycles. The Labute approximate surface area is 136 Å². The van der Waals surface area contributed by atoms with Crippen molar-refractivity contribution in [1.29, 1.82) is 0 Å². The van der Waals surface area contributed by atoms with E-state index in [-0.39, 0.29) is 17.8 Å². The molecule has 1 heterocycles. The van der Waals surface area contributed by atoms with Crippen LogP contribution >= 0.6 is 0 Å². The van der Waals surface area contributed by atoms with E-state index < -0.39 is 16.6 Å². The van der Waals surface area contributed by atoms with Crippen molar-refractivity contribution in [2.75, 3.05) is 5.32 Å². The molecule has 1 N–H and O–H groups in total. The zero-order chi connectivity index (χ0) is 17.3. The van der Waals surface area contributed by atoms with Gasteiger partial charge in [0.05, 0.1) is 23.3 Å². The molecule has 0 spiro atoms. The number of non-ortho nitro benzene ring substituents is 1. The highest BCUT2D eigenvalue weighted by molar-refractivity contribution is 5.95. The molecular formula is C17H13FN2O4. The predicted octanol–water partition coefficient (Wildman–Crippen LogP) is 3.97. The second-order valence-electron chi connectivity index (χ2n) is 5.41. The van der Waals surface area contributed by atoms with Crippen LogP contribution in [0.25, 0.3) is 11.0 Å². The maximum Gasteiger partial charge on any atom is 0.271 e. The summed E-state index contributed by atoms with van der Waals surface area (Å²) in [5.41, 5.74) is 1.84. The largest absolute Gasteiger partial charge is 0.464 e. The zero-order valence-electron chi connectivity index (χ0n) is 12.7. The number of fused-ring (bicyclic) bond motifs is 1. The molecule has 3 rings (SSSR count). The van der Waals surface area contributed by atoms with Crippen LogP contribution in [0.3, 0.4) is 0 Å². The molecule has 0 radical (unpaired) electrons. The summed E-state index contributed by atoms with van der Waals surface area (Å²) in [5.74, 6) is -1.22. The molecular weight excluding hydrogens is 315 g/mol. The fraction of sp³-hybridized carbons (Fsp3) is 0.118. The highest BCUT2D eigenvalue weighted by atomic mass is 19.1. The Morgan fingerprint density at radius 1 is 1.29 bits per heavy atom. The molecule has 0 atom stereocenters. The summed E-state index contributed by atoms with van der Waals surface area (Å²) < 4.78 is 19.1. The Balaban J connectivity index is 1.80. The van der Waals surface area contributed by atoms with Gasteiger partial charge in [-0.3, -0.25) is 14.9 Å². The standard InChI is InChI=1S/C17H13FN2O4/c1-10-2-4-13-11(9-24-16(13)6-10)7-17(21)19-15-8-12(20(22)23)3-5-14(15)18/h2-6,8-9H,7H2,1H3,(H,19,21). The van der Waals surface area contributed by atoms with E-state index in [1.807, 2.05) is 25.1 Å². The summed E-state index contributed by atoms with van der Waals surface area (Å²) in [4.78, 5) is 22.2. The van der Waals surface area contributed by atoms with E-state index in [4.69, 9.17) is 4.42 Å². The Kier molecular flexibility index (Phi) is 3.99. The Morgan fingerprint density at radius 2 is 2.08 bits per heavy atom. The maximum absolute atomic E-state index is 13.7. The molecule has 3 aromatic rings. The van der Waals surface area contributed by atoms with E-state index in [1.165, 1.54) is 6.26 Å². The smallest absolute Gasteiger partial charge is 0.271 e. The maximum atomic E-state index is 13.7.